The summed E-state index contributed by atoms with van der Waals surface area (Å²) in [5.41, 5.74) is 17.6. The minimum Gasteiger partial charge on any atom is -0.457 e. The van der Waals surface area contributed by atoms with E-state index in [-0.39, 0.29) is 10.8 Å². The van der Waals surface area contributed by atoms with Gasteiger partial charge in [-0.2, -0.15) is 0 Å². The molecule has 0 saturated carbocycles. The van der Waals surface area contributed by atoms with Crippen LogP contribution in [0.2, 0.25) is 0 Å². The summed E-state index contributed by atoms with van der Waals surface area (Å²) in [6.45, 7) is 9.54. The lowest BCUT2D eigenvalue weighted by molar-refractivity contribution is 0.482. The number of rotatable bonds is 6. The van der Waals surface area contributed by atoms with Gasteiger partial charge in [0.1, 0.15) is 45.3 Å². The van der Waals surface area contributed by atoms with Gasteiger partial charge in [-0.05, 0) is 141 Å². The van der Waals surface area contributed by atoms with E-state index < -0.39 is 0 Å². The second-order valence-corrected chi connectivity index (χ2v) is 18.4. The number of hydrogen-bond donors (Lipinski definition) is 0. The van der Waals surface area contributed by atoms with Crippen molar-refractivity contribution in [1.82, 2.24) is 0 Å². The molecule has 2 aliphatic carbocycles. The number of furan rings is 2. The molecule has 4 nitrogen and oxygen atoms in total. The van der Waals surface area contributed by atoms with Crippen LogP contribution < -0.4 is 9.47 Å². The van der Waals surface area contributed by atoms with E-state index >= 15 is 0 Å². The van der Waals surface area contributed by atoms with E-state index in [2.05, 4.69) is 149 Å². The summed E-state index contributed by atoms with van der Waals surface area (Å²) >= 11 is 0. The normalized spacial score (nSPS) is 14.2. The van der Waals surface area contributed by atoms with Crippen molar-refractivity contribution in [1.29, 1.82) is 0 Å². The van der Waals surface area contributed by atoms with Crippen LogP contribution in [0.25, 0.3) is 88.4 Å². The molecule has 2 aliphatic rings. The standard InChI is InChI=1S/C60H42O4/c1-59(2)47-33-46-48(34-45(47)53-49(59)31-43(57-55(53)41-19-11-13-21-51(41)63-57)35-23-27-39(28-24-35)61-37-15-7-5-8-16-37)60(3,4)50-32-44(58-56(54(46)50)42-20-12-14-22-52(42)64-58)36-25-29-40(30-26-36)62-38-17-9-6-10-18-38/h5-34H,1-4H3. The summed E-state index contributed by atoms with van der Waals surface area (Å²) in [4.78, 5) is 0. The summed E-state index contributed by atoms with van der Waals surface area (Å²) in [6, 6.07) is 63.4. The molecule has 0 radical (unpaired) electrons. The Labute approximate surface area is 370 Å². The first-order valence-electron chi connectivity index (χ1n) is 22.1. The Balaban J connectivity index is 0.995. The molecule has 0 atom stereocenters. The zero-order chi connectivity index (χ0) is 42.9. The van der Waals surface area contributed by atoms with Gasteiger partial charge in [-0.25, -0.2) is 0 Å². The Hall–Kier alpha value is -7.82. The molecule has 0 spiro atoms. The fourth-order valence-corrected chi connectivity index (χ4v) is 10.8. The first-order chi connectivity index (χ1) is 31.2. The summed E-state index contributed by atoms with van der Waals surface area (Å²) in [6.07, 6.45) is 0. The average molecular weight is 827 g/mol. The fourth-order valence-electron chi connectivity index (χ4n) is 10.8. The van der Waals surface area contributed by atoms with Crippen LogP contribution in [0.3, 0.4) is 0 Å². The monoisotopic (exact) mass is 826 g/mol. The molecule has 0 bridgehead atoms. The molecule has 0 aliphatic heterocycles. The van der Waals surface area contributed by atoms with E-state index in [0.29, 0.717) is 0 Å². The minimum absolute atomic E-state index is 0.314. The van der Waals surface area contributed by atoms with Crippen LogP contribution in [0.15, 0.2) is 191 Å². The third-order valence-electron chi connectivity index (χ3n) is 14.0. The third-order valence-corrected chi connectivity index (χ3v) is 14.0. The van der Waals surface area contributed by atoms with Gasteiger partial charge in [-0.1, -0.05) is 125 Å². The van der Waals surface area contributed by atoms with E-state index in [1.807, 2.05) is 60.7 Å². The highest BCUT2D eigenvalue weighted by Crippen LogP contribution is 2.61. The molecule has 0 unspecified atom stereocenters. The highest BCUT2D eigenvalue weighted by atomic mass is 16.5. The van der Waals surface area contributed by atoms with Crippen LogP contribution in [0.5, 0.6) is 23.0 Å². The van der Waals surface area contributed by atoms with Crippen molar-refractivity contribution in [2.24, 2.45) is 0 Å². The topological polar surface area (TPSA) is 44.7 Å². The molecule has 64 heavy (non-hydrogen) atoms. The molecule has 13 rings (SSSR count). The van der Waals surface area contributed by atoms with Gasteiger partial charge in [0.15, 0.2) is 0 Å². The van der Waals surface area contributed by atoms with E-state index in [4.69, 9.17) is 18.3 Å². The van der Waals surface area contributed by atoms with Crippen molar-refractivity contribution in [2.75, 3.05) is 0 Å². The maximum absolute atomic E-state index is 6.88. The lowest BCUT2D eigenvalue weighted by atomic mass is 9.79. The molecule has 11 aromatic rings. The van der Waals surface area contributed by atoms with Gasteiger partial charge in [0.05, 0.1) is 0 Å². The number of fused-ring (bicyclic) bond motifs is 14. The highest BCUT2D eigenvalue weighted by Gasteiger charge is 2.44. The first-order valence-corrected chi connectivity index (χ1v) is 22.1. The van der Waals surface area contributed by atoms with E-state index in [1.54, 1.807) is 0 Å². The first kappa shape index (κ1) is 36.8. The molecule has 2 heterocycles. The van der Waals surface area contributed by atoms with Gasteiger partial charge in [0, 0.05) is 43.5 Å². The molecule has 0 amide bonds. The van der Waals surface area contributed by atoms with Crippen molar-refractivity contribution < 1.29 is 18.3 Å². The van der Waals surface area contributed by atoms with Crippen molar-refractivity contribution in [3.05, 3.63) is 204 Å². The Morgan fingerprint density at radius 2 is 0.688 bits per heavy atom. The lowest BCUT2D eigenvalue weighted by Gasteiger charge is -2.24. The van der Waals surface area contributed by atoms with Gasteiger partial charge in [-0.3, -0.25) is 0 Å². The van der Waals surface area contributed by atoms with Gasteiger partial charge in [0.2, 0.25) is 0 Å². The van der Waals surface area contributed by atoms with E-state index in [1.165, 1.54) is 44.5 Å². The van der Waals surface area contributed by atoms with Crippen molar-refractivity contribution in [2.45, 2.75) is 38.5 Å². The number of ether oxygens (including phenoxy) is 2. The van der Waals surface area contributed by atoms with Gasteiger partial charge < -0.3 is 18.3 Å². The number of hydrogen-bond acceptors (Lipinski definition) is 4. The Morgan fingerprint density at radius 1 is 0.344 bits per heavy atom. The van der Waals surface area contributed by atoms with Crippen LogP contribution in [0.4, 0.5) is 0 Å². The molecule has 306 valence electrons. The average Bonchev–Trinajstić information content (AvgIpc) is 4.02. The molecule has 9 aromatic carbocycles. The lowest BCUT2D eigenvalue weighted by Crippen LogP contribution is -2.17. The predicted octanol–water partition coefficient (Wildman–Crippen LogP) is 17.0. The smallest absolute Gasteiger partial charge is 0.143 e. The summed E-state index contributed by atoms with van der Waals surface area (Å²) in [5.74, 6) is 3.21. The zero-order valence-corrected chi connectivity index (χ0v) is 36.0. The van der Waals surface area contributed by atoms with E-state index in [0.717, 1.165) is 89.1 Å². The Morgan fingerprint density at radius 3 is 1.09 bits per heavy atom. The minimum atomic E-state index is -0.314. The molecule has 4 heteroatoms. The quantitative estimate of drug-likeness (QED) is 0.167. The molecule has 0 fully saturated rings. The van der Waals surface area contributed by atoms with Crippen LogP contribution in [-0.4, -0.2) is 0 Å². The maximum atomic E-state index is 6.88. The molecule has 2 aromatic heterocycles. The third kappa shape index (κ3) is 5.29. The summed E-state index contributed by atoms with van der Waals surface area (Å²) in [7, 11) is 0. The number of para-hydroxylation sites is 4. The highest BCUT2D eigenvalue weighted by molar-refractivity contribution is 6.21. The van der Waals surface area contributed by atoms with Crippen LogP contribution >= 0.6 is 0 Å². The second kappa shape index (κ2) is 13.3. The number of benzene rings is 9. The fraction of sp³-hybridized carbons (Fsp3) is 0.100. The van der Waals surface area contributed by atoms with Gasteiger partial charge in [0.25, 0.3) is 0 Å². The molecule has 0 N–H and O–H groups in total. The zero-order valence-electron chi connectivity index (χ0n) is 36.0. The Bertz CT molecular complexity index is 3440. The van der Waals surface area contributed by atoms with Gasteiger partial charge >= 0.3 is 0 Å². The van der Waals surface area contributed by atoms with Crippen LogP contribution in [-0.2, 0) is 10.8 Å². The largest absolute Gasteiger partial charge is 0.457 e. The summed E-state index contributed by atoms with van der Waals surface area (Å²) in [5, 5.41) is 4.58. The second-order valence-electron chi connectivity index (χ2n) is 18.4. The maximum Gasteiger partial charge on any atom is 0.143 e. The molecule has 0 saturated heterocycles. The van der Waals surface area contributed by atoms with Crippen molar-refractivity contribution >= 4 is 43.9 Å². The predicted molar refractivity (Wildman–Crippen MR) is 260 cm³/mol. The molecular weight excluding hydrogens is 785 g/mol. The van der Waals surface area contributed by atoms with Crippen molar-refractivity contribution in [3.63, 3.8) is 0 Å². The molecular formula is C60H42O4. The van der Waals surface area contributed by atoms with Gasteiger partial charge in [-0.15, -0.1) is 0 Å². The van der Waals surface area contributed by atoms with Crippen molar-refractivity contribution in [3.8, 4) is 67.5 Å². The van der Waals surface area contributed by atoms with Crippen LogP contribution in [0.1, 0.15) is 49.9 Å². The Kier molecular flexibility index (Phi) is 7.67. The van der Waals surface area contributed by atoms with Crippen LogP contribution in [0, 0.1) is 0 Å². The van der Waals surface area contributed by atoms with E-state index in [9.17, 15) is 0 Å². The SMILES string of the molecule is CC1(C)c2cc3c(cc2-c2c1cc(-c1ccc(Oc4ccccc4)cc1)c1oc4ccccc4c21)C(C)(C)c1cc(-c2ccc(Oc4ccccc4)cc2)c2oc4ccccc4c2c1-3. The summed E-state index contributed by atoms with van der Waals surface area (Å²) < 4.78 is 26.2.